The van der Waals surface area contributed by atoms with Crippen LogP contribution in [0.15, 0.2) is 76.0 Å². The minimum Gasteiger partial charge on any atom is -0.497 e. The molecule has 1 saturated carbocycles. The predicted molar refractivity (Wildman–Crippen MR) is 160 cm³/mol. The van der Waals surface area contributed by atoms with Crippen molar-refractivity contribution in [1.29, 1.82) is 0 Å². The molecule has 1 aliphatic rings. The van der Waals surface area contributed by atoms with Gasteiger partial charge in [0.1, 0.15) is 17.3 Å². The first kappa shape index (κ1) is 27.9. The Bertz CT molecular complexity index is 1560. The molecule has 0 spiro atoms. The summed E-state index contributed by atoms with van der Waals surface area (Å²) in [6, 6.07) is 20.5. The Labute approximate surface area is 242 Å². The fourth-order valence-electron chi connectivity index (χ4n) is 5.59. The lowest BCUT2D eigenvalue weighted by Gasteiger charge is -2.33. The van der Waals surface area contributed by atoms with Gasteiger partial charge in [0.2, 0.25) is 5.91 Å². The third-order valence-corrected chi connectivity index (χ3v) is 8.60. The maximum absolute atomic E-state index is 14.2. The summed E-state index contributed by atoms with van der Waals surface area (Å²) in [5.74, 6) is 1.66. The second kappa shape index (κ2) is 12.3. The van der Waals surface area contributed by atoms with Gasteiger partial charge in [-0.1, -0.05) is 55.3 Å². The average molecular weight is 605 g/mol. The van der Waals surface area contributed by atoms with Crippen molar-refractivity contribution in [2.24, 2.45) is 5.92 Å². The lowest BCUT2D eigenvalue weighted by atomic mass is 10.0. The van der Waals surface area contributed by atoms with E-state index in [0.717, 1.165) is 31.2 Å². The first-order valence-corrected chi connectivity index (χ1v) is 14.5. The summed E-state index contributed by atoms with van der Waals surface area (Å²) in [6.45, 7) is 2.49. The van der Waals surface area contributed by atoms with Crippen LogP contribution >= 0.6 is 15.9 Å². The second-order valence-corrected chi connectivity index (χ2v) is 11.0. The summed E-state index contributed by atoms with van der Waals surface area (Å²) in [5.41, 5.74) is 2.06. The zero-order chi connectivity index (χ0) is 28.2. The molecule has 1 aromatic heterocycles. The van der Waals surface area contributed by atoms with Crippen LogP contribution in [0.25, 0.3) is 16.6 Å². The van der Waals surface area contributed by atoms with Gasteiger partial charge in [0, 0.05) is 24.6 Å². The van der Waals surface area contributed by atoms with Crippen molar-refractivity contribution in [2.45, 2.75) is 45.1 Å². The molecule has 0 bridgehead atoms. The molecule has 1 aliphatic carbocycles. The molecule has 1 atom stereocenters. The van der Waals surface area contributed by atoms with E-state index in [0.29, 0.717) is 51.4 Å². The van der Waals surface area contributed by atoms with E-state index in [9.17, 15) is 9.59 Å². The van der Waals surface area contributed by atoms with Crippen LogP contribution in [0.4, 0.5) is 0 Å². The molecule has 7 nitrogen and oxygen atoms in total. The largest absolute Gasteiger partial charge is 0.497 e. The van der Waals surface area contributed by atoms with Crippen LogP contribution in [0.5, 0.6) is 11.5 Å². The molecule has 3 aromatic carbocycles. The van der Waals surface area contributed by atoms with Gasteiger partial charge in [0.05, 0.1) is 41.3 Å². The Balaban J connectivity index is 1.68. The highest BCUT2D eigenvalue weighted by Gasteiger charge is 2.33. The molecular formula is C32H34BrN3O4. The molecule has 4 aromatic rings. The summed E-state index contributed by atoms with van der Waals surface area (Å²) in [4.78, 5) is 35.1. The van der Waals surface area contributed by atoms with E-state index in [2.05, 4.69) is 28.1 Å². The number of nitrogens with zero attached hydrogens (tertiary/aromatic N) is 3. The summed E-state index contributed by atoms with van der Waals surface area (Å²) < 4.78 is 13.3. The number of benzene rings is 3. The van der Waals surface area contributed by atoms with Gasteiger partial charge in [-0.2, -0.15) is 0 Å². The first-order chi connectivity index (χ1) is 19.4. The number of carbonyl (C=O) groups excluding carboxylic acids is 1. The zero-order valence-corrected chi connectivity index (χ0v) is 24.7. The Morgan fingerprint density at radius 2 is 1.75 bits per heavy atom. The number of carbonyl (C=O) groups is 1. The molecule has 5 rings (SSSR count). The van der Waals surface area contributed by atoms with E-state index < -0.39 is 6.04 Å². The maximum atomic E-state index is 14.2. The summed E-state index contributed by atoms with van der Waals surface area (Å²) in [7, 11) is 3.14. The van der Waals surface area contributed by atoms with Crippen molar-refractivity contribution >= 4 is 32.7 Å². The minimum atomic E-state index is -0.474. The van der Waals surface area contributed by atoms with Gasteiger partial charge in [0.25, 0.3) is 5.56 Å². The topological polar surface area (TPSA) is 73.7 Å². The molecule has 1 unspecified atom stereocenters. The van der Waals surface area contributed by atoms with Crippen molar-refractivity contribution < 1.29 is 14.3 Å². The van der Waals surface area contributed by atoms with Gasteiger partial charge in [-0.15, -0.1) is 0 Å². The zero-order valence-electron chi connectivity index (χ0n) is 23.1. The number of hydrogen-bond acceptors (Lipinski definition) is 5. The van der Waals surface area contributed by atoms with Crippen LogP contribution in [-0.2, 0) is 11.2 Å². The van der Waals surface area contributed by atoms with E-state index in [-0.39, 0.29) is 17.4 Å². The van der Waals surface area contributed by atoms with Crippen molar-refractivity contribution in [3.05, 3.63) is 92.9 Å². The summed E-state index contributed by atoms with van der Waals surface area (Å²) >= 11 is 3.66. The van der Waals surface area contributed by atoms with Crippen molar-refractivity contribution in [3.63, 3.8) is 0 Å². The quantitative estimate of drug-likeness (QED) is 0.219. The third kappa shape index (κ3) is 5.50. The summed E-state index contributed by atoms with van der Waals surface area (Å²) in [6.07, 6.45) is 4.62. The van der Waals surface area contributed by atoms with Crippen molar-refractivity contribution in [2.75, 3.05) is 20.8 Å². The normalized spacial score (nSPS) is 14.3. The molecule has 1 heterocycles. The monoisotopic (exact) mass is 603 g/mol. The number of hydrogen-bond donors (Lipinski definition) is 0. The van der Waals surface area contributed by atoms with E-state index in [1.54, 1.807) is 37.0 Å². The Morgan fingerprint density at radius 3 is 2.45 bits per heavy atom. The predicted octanol–water partition coefficient (Wildman–Crippen LogP) is 6.49. The van der Waals surface area contributed by atoms with Crippen LogP contribution in [0, 0.1) is 5.92 Å². The second-order valence-electron chi connectivity index (χ2n) is 10.2. The number of para-hydroxylation sites is 1. The fourth-order valence-corrected chi connectivity index (χ4v) is 6.15. The standard InChI is InChI=1S/C32H34BrN3O4/c1-21(35(31(37)23-13-7-8-14-23)18-17-22-11-5-4-6-12-22)30-34-26-16-10-9-15-25(26)32(38)36(30)27-19-24(39-2)20-28(40-3)29(27)33/h4-6,9-12,15-16,19-21,23H,7-8,13-14,17-18H2,1-3H3. The molecule has 0 radical (unpaired) electrons. The molecule has 40 heavy (non-hydrogen) atoms. The van der Waals surface area contributed by atoms with Crippen molar-refractivity contribution in [3.8, 4) is 17.2 Å². The minimum absolute atomic E-state index is 0.0116. The Kier molecular flexibility index (Phi) is 8.54. The number of methoxy groups -OCH3 is 2. The number of aromatic nitrogens is 2. The molecule has 0 aliphatic heterocycles. The van der Waals surface area contributed by atoms with Crippen LogP contribution in [0.2, 0.25) is 0 Å². The van der Waals surface area contributed by atoms with E-state index in [4.69, 9.17) is 14.5 Å². The fraction of sp³-hybridized carbons (Fsp3) is 0.344. The Hall–Kier alpha value is -3.65. The lowest BCUT2D eigenvalue weighted by Crippen LogP contribution is -2.41. The molecule has 208 valence electrons. The lowest BCUT2D eigenvalue weighted by molar-refractivity contribution is -0.137. The molecule has 0 N–H and O–H groups in total. The number of halogens is 1. The molecular weight excluding hydrogens is 570 g/mol. The highest BCUT2D eigenvalue weighted by Crippen LogP contribution is 2.37. The number of ether oxygens (including phenoxy) is 2. The van der Waals surface area contributed by atoms with Crippen LogP contribution in [0.1, 0.15) is 50.0 Å². The van der Waals surface area contributed by atoms with E-state index >= 15 is 0 Å². The van der Waals surface area contributed by atoms with Gasteiger partial charge >= 0.3 is 0 Å². The SMILES string of the molecule is COc1cc(OC)c(Br)c(-n2c(C(C)N(CCc3ccccc3)C(=O)C3CCCC3)nc3ccccc3c2=O)c1. The van der Waals surface area contributed by atoms with Gasteiger partial charge in [-0.25, -0.2) is 4.98 Å². The first-order valence-electron chi connectivity index (χ1n) is 13.7. The van der Waals surface area contributed by atoms with E-state index in [1.807, 2.05) is 48.2 Å². The van der Waals surface area contributed by atoms with Crippen molar-refractivity contribution in [1.82, 2.24) is 14.5 Å². The van der Waals surface area contributed by atoms with Crippen LogP contribution in [0.3, 0.4) is 0 Å². The third-order valence-electron chi connectivity index (χ3n) is 7.80. The maximum Gasteiger partial charge on any atom is 0.266 e. The van der Waals surface area contributed by atoms with Gasteiger partial charge in [-0.05, 0) is 59.8 Å². The van der Waals surface area contributed by atoms with Crippen LogP contribution < -0.4 is 15.0 Å². The highest BCUT2D eigenvalue weighted by atomic mass is 79.9. The summed E-state index contributed by atoms with van der Waals surface area (Å²) in [5, 5.41) is 0.491. The Morgan fingerprint density at radius 1 is 1.05 bits per heavy atom. The molecule has 1 amide bonds. The highest BCUT2D eigenvalue weighted by molar-refractivity contribution is 9.10. The van der Waals surface area contributed by atoms with Gasteiger partial charge in [0.15, 0.2) is 0 Å². The van der Waals surface area contributed by atoms with Gasteiger partial charge < -0.3 is 14.4 Å². The number of fused-ring (bicyclic) bond motifs is 1. The van der Waals surface area contributed by atoms with E-state index in [1.165, 1.54) is 0 Å². The molecule has 0 saturated heterocycles. The molecule has 8 heteroatoms. The smallest absolute Gasteiger partial charge is 0.266 e. The van der Waals surface area contributed by atoms with Gasteiger partial charge in [-0.3, -0.25) is 14.2 Å². The number of amides is 1. The number of rotatable bonds is 9. The van der Waals surface area contributed by atoms with Crippen LogP contribution in [-0.4, -0.2) is 41.1 Å². The average Bonchev–Trinajstić information content (AvgIpc) is 3.53. The molecule has 1 fully saturated rings.